The Balaban J connectivity index is 0. The molecule has 0 amide bonds. The second-order valence-electron chi connectivity index (χ2n) is 4.86. The summed E-state index contributed by atoms with van der Waals surface area (Å²) in [5.74, 6) is -1.80. The van der Waals surface area contributed by atoms with Crippen LogP contribution in [0.25, 0.3) is 0 Å². The van der Waals surface area contributed by atoms with E-state index in [0.29, 0.717) is 11.0 Å². The number of carboxylic acids is 1. The van der Waals surface area contributed by atoms with Gasteiger partial charge in [0, 0.05) is 19.3 Å². The predicted octanol–water partition coefficient (Wildman–Crippen LogP) is -0.258. The average Bonchev–Trinajstić information content (AvgIpc) is 1.97. The topological polar surface area (TPSA) is 66.4 Å². The molecule has 0 fully saturated rings. The minimum absolute atomic E-state index is 0. The van der Waals surface area contributed by atoms with Crippen molar-refractivity contribution in [1.29, 1.82) is 0 Å². The van der Waals surface area contributed by atoms with Crippen LogP contribution in [-0.4, -0.2) is 49.7 Å². The second-order valence-corrected chi connectivity index (χ2v) is 4.86. The molecule has 0 aliphatic rings. The van der Waals surface area contributed by atoms with Crippen LogP contribution in [0, 0.1) is 0 Å². The van der Waals surface area contributed by atoms with E-state index in [1.54, 1.807) is 0 Å². The number of carbonyl (C=O) groups is 2. The van der Waals surface area contributed by atoms with E-state index >= 15 is 0 Å². The number of rotatable bonds is 6. The fourth-order valence-corrected chi connectivity index (χ4v) is 1.64. The minimum Gasteiger partial charge on any atom is -0.550 e. The largest absolute Gasteiger partial charge is 0.550 e. The van der Waals surface area contributed by atoms with E-state index in [1.807, 2.05) is 21.1 Å². The van der Waals surface area contributed by atoms with Gasteiger partial charge in [-0.15, -0.1) is 12.4 Å². The molecule has 0 aromatic rings. The van der Waals surface area contributed by atoms with Crippen LogP contribution in [0.15, 0.2) is 12.7 Å². The standard InChI is InChI=1S/C11H19NO4.ClH/c1-6-11(7-10(14)15,16-9(2)13)8-12(3,4)5;/h6H,1,7-8H2,2-5H3;1H. The zero-order chi connectivity index (χ0) is 13.0. The fourth-order valence-electron chi connectivity index (χ4n) is 1.64. The van der Waals surface area contributed by atoms with Gasteiger partial charge in [0.15, 0.2) is 5.60 Å². The van der Waals surface area contributed by atoms with Gasteiger partial charge >= 0.3 is 5.97 Å². The number of hydrogen-bond acceptors (Lipinski definition) is 4. The van der Waals surface area contributed by atoms with Crippen LogP contribution in [-0.2, 0) is 14.3 Å². The Bertz CT molecular complexity index is 280. The smallest absolute Gasteiger partial charge is 0.303 e. The monoisotopic (exact) mass is 265 g/mol. The Labute approximate surface area is 108 Å². The highest BCUT2D eigenvalue weighted by atomic mass is 35.5. The molecule has 0 aromatic carbocycles. The van der Waals surface area contributed by atoms with Crippen molar-refractivity contribution in [2.45, 2.75) is 18.9 Å². The number of quaternary nitrogens is 1. The van der Waals surface area contributed by atoms with Crippen LogP contribution in [0.4, 0.5) is 0 Å². The van der Waals surface area contributed by atoms with Gasteiger partial charge in [0.05, 0.1) is 21.1 Å². The van der Waals surface area contributed by atoms with Crippen molar-refractivity contribution in [3.8, 4) is 0 Å². The van der Waals surface area contributed by atoms with Gasteiger partial charge in [-0.05, 0) is 6.08 Å². The molecule has 100 valence electrons. The van der Waals surface area contributed by atoms with Crippen molar-refractivity contribution >= 4 is 24.3 Å². The molecule has 1 unspecified atom stereocenters. The number of esters is 1. The number of carboxylic acid groups (broad SMARTS) is 1. The Morgan fingerprint density at radius 3 is 2.12 bits per heavy atom. The Hall–Kier alpha value is -1.07. The number of carbonyl (C=O) groups excluding carboxylic acids is 2. The summed E-state index contributed by atoms with van der Waals surface area (Å²) < 4.78 is 5.53. The van der Waals surface area contributed by atoms with Crippen LogP contribution in [0.1, 0.15) is 13.3 Å². The molecule has 5 nitrogen and oxygen atoms in total. The van der Waals surface area contributed by atoms with Gasteiger partial charge in [-0.25, -0.2) is 0 Å². The van der Waals surface area contributed by atoms with Gasteiger partial charge < -0.3 is 19.1 Å². The summed E-state index contributed by atoms with van der Waals surface area (Å²) in [7, 11) is 5.62. The van der Waals surface area contributed by atoms with Crippen LogP contribution >= 0.6 is 12.4 Å². The molecule has 0 rings (SSSR count). The number of ether oxygens (including phenoxy) is 1. The van der Waals surface area contributed by atoms with Crippen molar-refractivity contribution in [3.05, 3.63) is 12.7 Å². The summed E-state index contributed by atoms with van der Waals surface area (Å²) in [4.78, 5) is 21.7. The van der Waals surface area contributed by atoms with Crippen molar-refractivity contribution in [2.24, 2.45) is 0 Å². The first-order valence-electron chi connectivity index (χ1n) is 4.94. The maximum atomic E-state index is 11.0. The Morgan fingerprint density at radius 2 is 1.88 bits per heavy atom. The average molecular weight is 266 g/mol. The molecule has 0 aliphatic carbocycles. The lowest BCUT2D eigenvalue weighted by Crippen LogP contribution is -2.52. The molecule has 0 radical (unpaired) electrons. The number of nitrogens with zero attached hydrogens (tertiary/aromatic N) is 1. The highest BCUT2D eigenvalue weighted by Gasteiger charge is 2.36. The number of halogens is 1. The SMILES string of the molecule is C=CC(CC(=O)[O-])(C[N+](C)(C)C)OC(C)=O.Cl. The van der Waals surface area contributed by atoms with Gasteiger partial charge in [-0.1, -0.05) is 6.58 Å². The van der Waals surface area contributed by atoms with Crippen molar-refractivity contribution < 1.29 is 23.9 Å². The third-order valence-corrected chi connectivity index (χ3v) is 1.90. The quantitative estimate of drug-likeness (QED) is 0.377. The summed E-state index contributed by atoms with van der Waals surface area (Å²) in [6, 6.07) is 0. The van der Waals surface area contributed by atoms with Gasteiger partial charge in [0.2, 0.25) is 0 Å². The number of aliphatic carboxylic acids is 1. The van der Waals surface area contributed by atoms with E-state index in [1.165, 1.54) is 13.0 Å². The zero-order valence-electron chi connectivity index (χ0n) is 10.7. The molecule has 0 N–H and O–H groups in total. The van der Waals surface area contributed by atoms with Gasteiger partial charge in [0.25, 0.3) is 0 Å². The van der Waals surface area contributed by atoms with E-state index in [4.69, 9.17) is 4.74 Å². The molecule has 0 saturated carbocycles. The van der Waals surface area contributed by atoms with Crippen LogP contribution in [0.3, 0.4) is 0 Å². The van der Waals surface area contributed by atoms with Crippen molar-refractivity contribution in [3.63, 3.8) is 0 Å². The lowest BCUT2D eigenvalue weighted by Gasteiger charge is -2.36. The van der Waals surface area contributed by atoms with E-state index in [0.717, 1.165) is 0 Å². The highest BCUT2D eigenvalue weighted by Crippen LogP contribution is 2.21. The first-order chi connectivity index (χ1) is 7.10. The molecular formula is C11H20ClNO4. The van der Waals surface area contributed by atoms with Gasteiger partial charge in [-0.3, -0.25) is 4.79 Å². The predicted molar refractivity (Wildman–Crippen MR) is 64.5 cm³/mol. The van der Waals surface area contributed by atoms with E-state index < -0.39 is 17.5 Å². The molecule has 0 saturated heterocycles. The molecule has 0 aliphatic heterocycles. The second kappa shape index (κ2) is 6.61. The number of hydrogen-bond donors (Lipinski definition) is 0. The molecule has 6 heteroatoms. The normalized spacial score (nSPS) is 14.1. The third kappa shape index (κ3) is 7.76. The summed E-state index contributed by atoms with van der Waals surface area (Å²) >= 11 is 0. The molecule has 17 heavy (non-hydrogen) atoms. The zero-order valence-corrected chi connectivity index (χ0v) is 11.5. The number of likely N-dealkylation sites (N-methyl/N-ethyl adjacent to an activating group) is 1. The molecule has 0 spiro atoms. The first-order valence-corrected chi connectivity index (χ1v) is 4.94. The third-order valence-electron chi connectivity index (χ3n) is 1.90. The Kier molecular flexibility index (Phi) is 7.12. The molecular weight excluding hydrogens is 246 g/mol. The summed E-state index contributed by atoms with van der Waals surface area (Å²) in [5, 5.41) is 10.7. The van der Waals surface area contributed by atoms with Gasteiger partial charge in [-0.2, -0.15) is 0 Å². The van der Waals surface area contributed by atoms with Crippen LogP contribution in [0.5, 0.6) is 0 Å². The lowest BCUT2D eigenvalue weighted by atomic mass is 9.98. The Morgan fingerprint density at radius 1 is 1.41 bits per heavy atom. The summed E-state index contributed by atoms with van der Waals surface area (Å²) in [5.41, 5.74) is -1.21. The fraction of sp³-hybridized carbons (Fsp3) is 0.636. The van der Waals surface area contributed by atoms with E-state index in [9.17, 15) is 14.7 Å². The first kappa shape index (κ1) is 18.3. The summed E-state index contributed by atoms with van der Waals surface area (Å²) in [6.07, 6.45) is 0.972. The van der Waals surface area contributed by atoms with Crippen LogP contribution in [0.2, 0.25) is 0 Å². The summed E-state index contributed by atoms with van der Waals surface area (Å²) in [6.45, 7) is 5.11. The van der Waals surface area contributed by atoms with Crippen molar-refractivity contribution in [1.82, 2.24) is 0 Å². The minimum atomic E-state index is -1.27. The van der Waals surface area contributed by atoms with E-state index in [-0.39, 0.29) is 18.8 Å². The maximum Gasteiger partial charge on any atom is 0.303 e. The van der Waals surface area contributed by atoms with E-state index in [2.05, 4.69) is 6.58 Å². The maximum absolute atomic E-state index is 11.0. The van der Waals surface area contributed by atoms with Crippen molar-refractivity contribution in [2.75, 3.05) is 27.7 Å². The molecule has 0 heterocycles. The molecule has 0 bridgehead atoms. The highest BCUT2D eigenvalue weighted by molar-refractivity contribution is 5.85. The van der Waals surface area contributed by atoms with Crippen LogP contribution < -0.4 is 5.11 Å². The van der Waals surface area contributed by atoms with Gasteiger partial charge in [0.1, 0.15) is 6.54 Å². The lowest BCUT2D eigenvalue weighted by molar-refractivity contribution is -0.875. The molecule has 0 aromatic heterocycles. The molecule has 1 atom stereocenters.